The van der Waals surface area contributed by atoms with Crippen LogP contribution in [0.15, 0.2) is 18.5 Å². The van der Waals surface area contributed by atoms with Gasteiger partial charge in [0.2, 0.25) is 5.95 Å². The Morgan fingerprint density at radius 2 is 2.05 bits per heavy atom. The van der Waals surface area contributed by atoms with E-state index in [4.69, 9.17) is 4.74 Å². The zero-order valence-electron chi connectivity index (χ0n) is 12.2. The number of nitrogens with one attached hydrogen (secondary N) is 1. The van der Waals surface area contributed by atoms with Gasteiger partial charge in [-0.1, -0.05) is 0 Å². The third-order valence-electron chi connectivity index (χ3n) is 2.57. The van der Waals surface area contributed by atoms with Crippen molar-refractivity contribution in [2.24, 2.45) is 0 Å². The third-order valence-corrected chi connectivity index (χ3v) is 2.57. The van der Waals surface area contributed by atoms with Crippen molar-refractivity contribution in [3.63, 3.8) is 0 Å². The van der Waals surface area contributed by atoms with Gasteiger partial charge >= 0.3 is 6.01 Å². The van der Waals surface area contributed by atoms with Gasteiger partial charge in [-0.15, -0.1) is 0 Å². The highest BCUT2D eigenvalue weighted by Gasteiger charge is 2.12. The highest BCUT2D eigenvalue weighted by Crippen LogP contribution is 2.21. The minimum absolute atomic E-state index is 0.00900. The van der Waals surface area contributed by atoms with Gasteiger partial charge in [-0.2, -0.15) is 15.0 Å². The molecule has 0 amide bonds. The number of hydrogen-bond donors (Lipinski definition) is 1. The molecule has 0 aliphatic carbocycles. The molecule has 0 aromatic carbocycles. The van der Waals surface area contributed by atoms with Crippen LogP contribution in [0.3, 0.4) is 0 Å². The molecule has 0 atom stereocenters. The molecule has 0 aliphatic heterocycles. The number of ether oxygens (including phenoxy) is 1. The maximum atomic E-state index is 5.58. The third kappa shape index (κ3) is 3.40. The molecule has 0 aliphatic rings. The summed E-state index contributed by atoms with van der Waals surface area (Å²) in [5.41, 5.74) is 1.94. The van der Waals surface area contributed by atoms with Crippen LogP contribution in [0.5, 0.6) is 6.01 Å². The zero-order chi connectivity index (χ0) is 14.5. The zero-order valence-corrected chi connectivity index (χ0v) is 12.2. The summed E-state index contributed by atoms with van der Waals surface area (Å²) >= 11 is 0. The number of rotatable bonds is 5. The van der Waals surface area contributed by atoms with Crippen LogP contribution in [0, 0.1) is 6.92 Å². The lowest BCUT2D eigenvalue weighted by Crippen LogP contribution is -2.12. The lowest BCUT2D eigenvalue weighted by atomic mass is 10.1. The molecule has 6 heteroatoms. The van der Waals surface area contributed by atoms with E-state index in [0.717, 1.165) is 17.7 Å². The summed E-state index contributed by atoms with van der Waals surface area (Å²) in [6.45, 7) is 8.59. The molecule has 0 unspecified atom stereocenters. The second kappa shape index (κ2) is 6.27. The normalized spacial score (nSPS) is 10.7. The van der Waals surface area contributed by atoms with Crippen LogP contribution in [0.1, 0.15) is 26.3 Å². The van der Waals surface area contributed by atoms with Crippen molar-refractivity contribution in [1.82, 2.24) is 19.9 Å². The minimum Gasteiger partial charge on any atom is -0.461 e. The van der Waals surface area contributed by atoms with Crippen molar-refractivity contribution in [1.29, 1.82) is 0 Å². The van der Waals surface area contributed by atoms with E-state index in [1.807, 2.05) is 33.8 Å². The van der Waals surface area contributed by atoms with Crippen LogP contribution < -0.4 is 10.1 Å². The van der Waals surface area contributed by atoms with Crippen LogP contribution in [0.25, 0.3) is 11.4 Å². The number of aryl methyl sites for hydroxylation is 1. The number of pyridine rings is 1. The van der Waals surface area contributed by atoms with E-state index in [2.05, 4.69) is 25.3 Å². The second-order valence-electron chi connectivity index (χ2n) is 4.65. The molecule has 20 heavy (non-hydrogen) atoms. The van der Waals surface area contributed by atoms with E-state index in [1.165, 1.54) is 0 Å². The summed E-state index contributed by atoms with van der Waals surface area (Å²) in [6.07, 6.45) is 3.51. The Kier molecular flexibility index (Phi) is 4.45. The van der Waals surface area contributed by atoms with Gasteiger partial charge in [0, 0.05) is 24.5 Å². The molecule has 2 heterocycles. The van der Waals surface area contributed by atoms with Crippen molar-refractivity contribution in [3.8, 4) is 17.4 Å². The van der Waals surface area contributed by atoms with Gasteiger partial charge in [-0.3, -0.25) is 4.98 Å². The van der Waals surface area contributed by atoms with Crippen LogP contribution >= 0.6 is 0 Å². The molecule has 0 radical (unpaired) electrons. The van der Waals surface area contributed by atoms with Gasteiger partial charge in [0.1, 0.15) is 0 Å². The first kappa shape index (κ1) is 14.2. The Morgan fingerprint density at radius 1 is 1.25 bits per heavy atom. The Labute approximate surface area is 118 Å². The Hall–Kier alpha value is -2.24. The topological polar surface area (TPSA) is 72.8 Å². The summed E-state index contributed by atoms with van der Waals surface area (Å²) in [7, 11) is 0. The summed E-state index contributed by atoms with van der Waals surface area (Å²) in [5.74, 6) is 1.08. The van der Waals surface area contributed by atoms with Crippen LogP contribution in [0.2, 0.25) is 0 Å². The largest absolute Gasteiger partial charge is 0.461 e. The molecule has 0 saturated heterocycles. The maximum Gasteiger partial charge on any atom is 0.322 e. The highest BCUT2D eigenvalue weighted by molar-refractivity contribution is 5.59. The van der Waals surface area contributed by atoms with Crippen molar-refractivity contribution in [2.75, 3.05) is 11.9 Å². The predicted molar refractivity (Wildman–Crippen MR) is 77.7 cm³/mol. The lowest BCUT2D eigenvalue weighted by molar-refractivity contribution is 0.222. The van der Waals surface area contributed by atoms with E-state index in [9.17, 15) is 0 Å². The van der Waals surface area contributed by atoms with Gasteiger partial charge in [0.15, 0.2) is 5.82 Å². The summed E-state index contributed by atoms with van der Waals surface area (Å²) in [5, 5.41) is 3.09. The van der Waals surface area contributed by atoms with E-state index < -0.39 is 0 Å². The van der Waals surface area contributed by atoms with Crippen LogP contribution in [0.4, 0.5) is 5.95 Å². The van der Waals surface area contributed by atoms with Gasteiger partial charge in [0.05, 0.1) is 6.10 Å². The molecule has 0 saturated carbocycles. The standard InChI is InChI=1S/C14H19N5O/c1-5-16-13-17-12(11-8-15-7-6-10(11)4)18-14(19-13)20-9(2)3/h6-9H,5H2,1-4H3,(H,16,17,18,19). The fraction of sp³-hybridized carbons (Fsp3) is 0.429. The van der Waals surface area contributed by atoms with E-state index in [-0.39, 0.29) is 6.10 Å². The number of aromatic nitrogens is 4. The van der Waals surface area contributed by atoms with Crippen molar-refractivity contribution in [3.05, 3.63) is 24.0 Å². The Morgan fingerprint density at radius 3 is 2.70 bits per heavy atom. The molecule has 0 spiro atoms. The van der Waals surface area contributed by atoms with Crippen molar-refractivity contribution >= 4 is 5.95 Å². The van der Waals surface area contributed by atoms with Gasteiger partial charge < -0.3 is 10.1 Å². The maximum absolute atomic E-state index is 5.58. The number of anilines is 1. The van der Waals surface area contributed by atoms with Crippen molar-refractivity contribution < 1.29 is 4.74 Å². The first-order valence-corrected chi connectivity index (χ1v) is 6.67. The molecule has 2 aromatic rings. The first-order chi connectivity index (χ1) is 9.60. The number of hydrogen-bond acceptors (Lipinski definition) is 6. The number of nitrogens with zero attached hydrogens (tertiary/aromatic N) is 4. The molecule has 1 N–H and O–H groups in total. The minimum atomic E-state index is 0.00900. The molecule has 2 aromatic heterocycles. The highest BCUT2D eigenvalue weighted by atomic mass is 16.5. The van der Waals surface area contributed by atoms with E-state index in [1.54, 1.807) is 12.4 Å². The van der Waals surface area contributed by atoms with Gasteiger partial charge in [0.25, 0.3) is 0 Å². The average molecular weight is 273 g/mol. The molecular weight excluding hydrogens is 254 g/mol. The summed E-state index contributed by atoms with van der Waals surface area (Å²) in [6, 6.07) is 2.25. The SMILES string of the molecule is CCNc1nc(OC(C)C)nc(-c2cnccc2C)n1. The lowest BCUT2D eigenvalue weighted by Gasteiger charge is -2.11. The molecule has 0 fully saturated rings. The molecular formula is C14H19N5O. The molecule has 6 nitrogen and oxygen atoms in total. The quantitative estimate of drug-likeness (QED) is 0.902. The van der Waals surface area contributed by atoms with E-state index in [0.29, 0.717) is 17.8 Å². The fourth-order valence-electron chi connectivity index (χ4n) is 1.68. The Balaban J connectivity index is 2.46. The fourth-order valence-corrected chi connectivity index (χ4v) is 1.68. The summed E-state index contributed by atoms with van der Waals surface area (Å²) < 4.78 is 5.58. The first-order valence-electron chi connectivity index (χ1n) is 6.67. The predicted octanol–water partition coefficient (Wildman–Crippen LogP) is 2.46. The van der Waals surface area contributed by atoms with Gasteiger partial charge in [-0.25, -0.2) is 0 Å². The molecule has 0 bridgehead atoms. The Bertz CT molecular complexity index is 586. The van der Waals surface area contributed by atoms with Crippen LogP contribution in [-0.2, 0) is 0 Å². The van der Waals surface area contributed by atoms with E-state index >= 15 is 0 Å². The smallest absolute Gasteiger partial charge is 0.322 e. The second-order valence-corrected chi connectivity index (χ2v) is 4.65. The molecule has 106 valence electrons. The molecule has 2 rings (SSSR count). The van der Waals surface area contributed by atoms with Crippen LogP contribution in [-0.4, -0.2) is 32.6 Å². The van der Waals surface area contributed by atoms with Crippen molar-refractivity contribution in [2.45, 2.75) is 33.8 Å². The van der Waals surface area contributed by atoms with Gasteiger partial charge in [-0.05, 0) is 39.3 Å². The summed E-state index contributed by atoms with van der Waals surface area (Å²) in [4.78, 5) is 17.1. The average Bonchev–Trinajstić information content (AvgIpc) is 2.38. The monoisotopic (exact) mass is 273 g/mol.